The second-order valence-electron chi connectivity index (χ2n) is 5.58. The summed E-state index contributed by atoms with van der Waals surface area (Å²) in [6.45, 7) is 0.604. The summed E-state index contributed by atoms with van der Waals surface area (Å²) >= 11 is 0. The van der Waals surface area contributed by atoms with Gasteiger partial charge >= 0.3 is 18.2 Å². The Hall–Kier alpha value is -2.25. The Kier molecular flexibility index (Phi) is 5.12. The zero-order chi connectivity index (χ0) is 17.0. The lowest BCUT2D eigenvalue weighted by Crippen LogP contribution is -2.38. The number of halogens is 3. The Morgan fingerprint density at radius 2 is 1.91 bits per heavy atom. The molecule has 1 aromatic rings. The van der Waals surface area contributed by atoms with E-state index in [1.807, 2.05) is 0 Å². The molecule has 0 aromatic heterocycles. The van der Waals surface area contributed by atoms with Crippen molar-refractivity contribution < 1.29 is 27.9 Å². The summed E-state index contributed by atoms with van der Waals surface area (Å²) in [5.74, 6) is -1.58. The fraction of sp³-hybridized carbons (Fsp3) is 0.467. The highest BCUT2D eigenvalue weighted by Gasteiger charge is 2.36. The van der Waals surface area contributed by atoms with E-state index in [9.17, 15) is 22.8 Å². The number of hydrogen-bond acceptors (Lipinski definition) is 2. The third kappa shape index (κ3) is 5.15. The smallest absolute Gasteiger partial charge is 0.389 e. The molecule has 1 atom stereocenters. The molecule has 1 fully saturated rings. The van der Waals surface area contributed by atoms with E-state index in [0.29, 0.717) is 13.0 Å². The fourth-order valence-corrected chi connectivity index (χ4v) is 2.57. The first-order chi connectivity index (χ1) is 10.7. The number of urea groups is 1. The van der Waals surface area contributed by atoms with Crippen molar-refractivity contribution in [2.75, 3.05) is 13.1 Å². The summed E-state index contributed by atoms with van der Waals surface area (Å²) < 4.78 is 37.0. The van der Waals surface area contributed by atoms with Gasteiger partial charge in [0.25, 0.3) is 0 Å². The van der Waals surface area contributed by atoms with Gasteiger partial charge in [0, 0.05) is 26.1 Å². The molecule has 1 heterocycles. The molecule has 0 radical (unpaired) electrons. The summed E-state index contributed by atoms with van der Waals surface area (Å²) in [4.78, 5) is 24.0. The van der Waals surface area contributed by atoms with Crippen molar-refractivity contribution in [2.45, 2.75) is 25.6 Å². The minimum Gasteiger partial charge on any atom is -0.478 e. The third-order valence-corrected chi connectivity index (χ3v) is 3.74. The summed E-state index contributed by atoms with van der Waals surface area (Å²) in [5, 5.41) is 11.4. The van der Waals surface area contributed by atoms with Gasteiger partial charge in [-0.25, -0.2) is 9.59 Å². The third-order valence-electron chi connectivity index (χ3n) is 3.74. The van der Waals surface area contributed by atoms with E-state index in [0.717, 1.165) is 5.56 Å². The lowest BCUT2D eigenvalue weighted by atomic mass is 10.1. The van der Waals surface area contributed by atoms with Crippen LogP contribution in [-0.4, -0.2) is 41.3 Å². The molecule has 1 saturated heterocycles. The van der Waals surface area contributed by atoms with Gasteiger partial charge in [0.2, 0.25) is 0 Å². The number of benzene rings is 1. The quantitative estimate of drug-likeness (QED) is 0.892. The summed E-state index contributed by atoms with van der Waals surface area (Å²) in [7, 11) is 0. The van der Waals surface area contributed by atoms with Gasteiger partial charge in [-0.15, -0.1) is 0 Å². The lowest BCUT2D eigenvalue weighted by Gasteiger charge is -2.18. The molecule has 0 saturated carbocycles. The molecule has 0 bridgehead atoms. The van der Waals surface area contributed by atoms with Crippen molar-refractivity contribution >= 4 is 12.0 Å². The number of carboxylic acid groups (broad SMARTS) is 1. The van der Waals surface area contributed by atoms with Crippen LogP contribution in [0.5, 0.6) is 0 Å². The van der Waals surface area contributed by atoms with Gasteiger partial charge in [0.15, 0.2) is 0 Å². The maximum Gasteiger partial charge on any atom is 0.389 e. The molecule has 2 amide bonds. The second kappa shape index (κ2) is 6.89. The van der Waals surface area contributed by atoms with Gasteiger partial charge in [0.05, 0.1) is 5.56 Å². The van der Waals surface area contributed by atoms with E-state index < -0.39 is 30.5 Å². The van der Waals surface area contributed by atoms with Crippen LogP contribution in [0.3, 0.4) is 0 Å². The first kappa shape index (κ1) is 17.1. The second-order valence-corrected chi connectivity index (χ2v) is 5.58. The largest absolute Gasteiger partial charge is 0.478 e. The van der Waals surface area contributed by atoms with Crippen molar-refractivity contribution in [3.05, 3.63) is 35.4 Å². The number of carboxylic acids is 1. The summed E-state index contributed by atoms with van der Waals surface area (Å²) in [6, 6.07) is 5.62. The van der Waals surface area contributed by atoms with Gasteiger partial charge < -0.3 is 15.3 Å². The number of nitrogens with one attached hydrogen (secondary N) is 1. The highest BCUT2D eigenvalue weighted by atomic mass is 19.4. The number of amides is 2. The monoisotopic (exact) mass is 330 g/mol. The van der Waals surface area contributed by atoms with Crippen LogP contribution in [0.15, 0.2) is 24.3 Å². The van der Waals surface area contributed by atoms with Gasteiger partial charge in [-0.2, -0.15) is 13.2 Å². The van der Waals surface area contributed by atoms with Crippen LogP contribution in [0.4, 0.5) is 18.0 Å². The lowest BCUT2D eigenvalue weighted by molar-refractivity contribution is -0.143. The number of hydrogen-bond donors (Lipinski definition) is 2. The van der Waals surface area contributed by atoms with E-state index in [4.69, 9.17) is 5.11 Å². The molecule has 2 N–H and O–H groups in total. The number of likely N-dealkylation sites (tertiary alicyclic amines) is 1. The molecular formula is C15H17F3N2O3. The fourth-order valence-electron chi connectivity index (χ4n) is 2.57. The van der Waals surface area contributed by atoms with Crippen molar-refractivity contribution in [3.63, 3.8) is 0 Å². The zero-order valence-corrected chi connectivity index (χ0v) is 12.3. The predicted octanol–water partition coefficient (Wildman–Crippen LogP) is 2.87. The van der Waals surface area contributed by atoms with Crippen LogP contribution >= 0.6 is 0 Å². The number of carbonyl (C=O) groups excluding carboxylic acids is 1. The van der Waals surface area contributed by atoms with E-state index >= 15 is 0 Å². The highest BCUT2D eigenvalue weighted by molar-refractivity contribution is 5.87. The number of carbonyl (C=O) groups is 2. The summed E-state index contributed by atoms with van der Waals surface area (Å²) in [6.07, 6.45) is -4.73. The van der Waals surface area contributed by atoms with Crippen LogP contribution in [0.2, 0.25) is 0 Å². The van der Waals surface area contributed by atoms with Crippen molar-refractivity contribution in [1.29, 1.82) is 0 Å². The van der Waals surface area contributed by atoms with E-state index in [-0.39, 0.29) is 18.7 Å². The Balaban J connectivity index is 1.80. The molecule has 8 heteroatoms. The molecule has 0 spiro atoms. The standard InChI is InChI=1S/C15H17F3N2O3/c16-15(17,18)7-11-5-6-20(9-11)14(23)19-8-10-1-3-12(4-2-10)13(21)22/h1-4,11H,5-9H2,(H,19,23)(H,21,22). The van der Waals surface area contributed by atoms with Crippen molar-refractivity contribution in [2.24, 2.45) is 5.92 Å². The van der Waals surface area contributed by atoms with Gasteiger partial charge in [-0.1, -0.05) is 12.1 Å². The number of rotatable bonds is 4. The average molecular weight is 330 g/mol. The Bertz CT molecular complexity index is 572. The number of alkyl halides is 3. The highest BCUT2D eigenvalue weighted by Crippen LogP contribution is 2.30. The van der Waals surface area contributed by atoms with Crippen LogP contribution in [0.25, 0.3) is 0 Å². The average Bonchev–Trinajstić information content (AvgIpc) is 2.91. The first-order valence-corrected chi connectivity index (χ1v) is 7.16. The van der Waals surface area contributed by atoms with Crippen LogP contribution < -0.4 is 5.32 Å². The minimum atomic E-state index is -4.21. The molecule has 126 valence electrons. The molecule has 2 rings (SSSR count). The number of aromatic carboxylic acids is 1. The Labute approximate surface area is 131 Å². The van der Waals surface area contributed by atoms with E-state index in [2.05, 4.69) is 5.32 Å². The van der Waals surface area contributed by atoms with Crippen LogP contribution in [0.1, 0.15) is 28.8 Å². The number of nitrogens with zero attached hydrogens (tertiary/aromatic N) is 1. The molecule has 1 unspecified atom stereocenters. The SMILES string of the molecule is O=C(O)c1ccc(CNC(=O)N2CCC(CC(F)(F)F)C2)cc1. The molecule has 5 nitrogen and oxygen atoms in total. The minimum absolute atomic E-state index is 0.100. The molecule has 23 heavy (non-hydrogen) atoms. The first-order valence-electron chi connectivity index (χ1n) is 7.16. The maximum atomic E-state index is 12.3. The topological polar surface area (TPSA) is 69.6 Å². The van der Waals surface area contributed by atoms with Crippen molar-refractivity contribution in [1.82, 2.24) is 10.2 Å². The predicted molar refractivity (Wildman–Crippen MR) is 76.0 cm³/mol. The Morgan fingerprint density at radius 3 is 2.48 bits per heavy atom. The maximum absolute atomic E-state index is 12.3. The molecule has 1 aliphatic heterocycles. The molecule has 0 aliphatic carbocycles. The normalized spacial score (nSPS) is 18.0. The zero-order valence-electron chi connectivity index (χ0n) is 12.3. The van der Waals surface area contributed by atoms with Crippen molar-refractivity contribution in [3.8, 4) is 0 Å². The summed E-state index contributed by atoms with van der Waals surface area (Å²) in [5.41, 5.74) is 0.865. The van der Waals surface area contributed by atoms with Crippen LogP contribution in [0, 0.1) is 5.92 Å². The van der Waals surface area contributed by atoms with Gasteiger partial charge in [-0.05, 0) is 30.0 Å². The van der Waals surface area contributed by atoms with Gasteiger partial charge in [-0.3, -0.25) is 0 Å². The van der Waals surface area contributed by atoms with Gasteiger partial charge in [0.1, 0.15) is 0 Å². The molecular weight excluding hydrogens is 313 g/mol. The molecule has 1 aromatic carbocycles. The van der Waals surface area contributed by atoms with E-state index in [1.54, 1.807) is 12.1 Å². The van der Waals surface area contributed by atoms with E-state index in [1.165, 1.54) is 17.0 Å². The molecule has 1 aliphatic rings. The Morgan fingerprint density at radius 1 is 1.26 bits per heavy atom. The van der Waals surface area contributed by atoms with Crippen LogP contribution in [-0.2, 0) is 6.54 Å².